The first-order valence-corrected chi connectivity index (χ1v) is 7.34. The van der Waals surface area contributed by atoms with E-state index in [4.69, 9.17) is 5.11 Å². The van der Waals surface area contributed by atoms with Gasteiger partial charge in [-0.1, -0.05) is 19.8 Å². The summed E-state index contributed by atoms with van der Waals surface area (Å²) in [5.74, 6) is -0.354. The maximum Gasteiger partial charge on any atom is 0.315 e. The van der Waals surface area contributed by atoms with Gasteiger partial charge in [0, 0.05) is 12.1 Å². The molecule has 19 heavy (non-hydrogen) atoms. The minimum atomic E-state index is -0.745. The third kappa shape index (κ3) is 4.11. The summed E-state index contributed by atoms with van der Waals surface area (Å²) in [4.78, 5) is 22.7. The molecule has 0 bridgehead atoms. The highest BCUT2D eigenvalue weighted by Gasteiger charge is 2.31. The lowest BCUT2D eigenvalue weighted by Gasteiger charge is -2.28. The molecule has 0 aromatic carbocycles. The van der Waals surface area contributed by atoms with Crippen LogP contribution in [0.2, 0.25) is 0 Å². The molecule has 0 heterocycles. The van der Waals surface area contributed by atoms with Gasteiger partial charge >= 0.3 is 12.0 Å². The molecule has 2 aliphatic carbocycles. The fourth-order valence-electron chi connectivity index (χ4n) is 3.31. The number of carboxylic acids is 1. The van der Waals surface area contributed by atoms with Crippen LogP contribution in [0.15, 0.2) is 0 Å². The van der Waals surface area contributed by atoms with Gasteiger partial charge in [0.05, 0.1) is 5.92 Å². The highest BCUT2D eigenvalue weighted by Crippen LogP contribution is 2.26. The Labute approximate surface area is 114 Å². The maximum absolute atomic E-state index is 11.9. The summed E-state index contributed by atoms with van der Waals surface area (Å²) in [6.07, 6.45) is 6.53. The van der Waals surface area contributed by atoms with Crippen LogP contribution >= 0.6 is 0 Å². The second kappa shape index (κ2) is 6.26. The molecule has 2 rings (SSSR count). The molecule has 2 aliphatic rings. The Morgan fingerprint density at radius 1 is 1.00 bits per heavy atom. The third-order valence-corrected chi connectivity index (χ3v) is 4.39. The minimum absolute atomic E-state index is 0.0158. The molecule has 0 aromatic rings. The van der Waals surface area contributed by atoms with Gasteiger partial charge in [-0.25, -0.2) is 4.79 Å². The molecule has 0 saturated heterocycles. The molecule has 3 N–H and O–H groups in total. The standard InChI is InChI=1S/C14H24N2O3/c1-9-3-2-4-11(7-9)15-14(19)16-12-6-5-10(8-12)13(17)18/h9-12H,2-8H2,1H3,(H,17,18)(H2,15,16,19). The molecule has 0 aliphatic heterocycles. The van der Waals surface area contributed by atoms with Gasteiger partial charge in [-0.05, 0) is 38.0 Å². The molecule has 4 unspecified atom stereocenters. The zero-order valence-electron chi connectivity index (χ0n) is 11.5. The highest BCUT2D eigenvalue weighted by molar-refractivity contribution is 5.75. The van der Waals surface area contributed by atoms with E-state index in [-0.39, 0.29) is 24.0 Å². The molecule has 4 atom stereocenters. The molecule has 0 aromatic heterocycles. The van der Waals surface area contributed by atoms with Crippen LogP contribution in [0.4, 0.5) is 4.79 Å². The number of aliphatic carboxylic acids is 1. The lowest BCUT2D eigenvalue weighted by atomic mass is 9.87. The van der Waals surface area contributed by atoms with E-state index in [1.165, 1.54) is 12.8 Å². The summed E-state index contributed by atoms with van der Waals surface area (Å²) < 4.78 is 0. The van der Waals surface area contributed by atoms with Gasteiger partial charge in [-0.15, -0.1) is 0 Å². The molecule has 108 valence electrons. The summed E-state index contributed by atoms with van der Waals surface area (Å²) in [5.41, 5.74) is 0. The van der Waals surface area contributed by atoms with Crippen molar-refractivity contribution < 1.29 is 14.7 Å². The predicted octanol–water partition coefficient (Wildman–Crippen LogP) is 2.12. The fraction of sp³-hybridized carbons (Fsp3) is 0.857. The van der Waals surface area contributed by atoms with E-state index in [2.05, 4.69) is 17.6 Å². The minimum Gasteiger partial charge on any atom is -0.481 e. The molecule has 5 heteroatoms. The average molecular weight is 268 g/mol. The maximum atomic E-state index is 11.9. The predicted molar refractivity (Wildman–Crippen MR) is 71.9 cm³/mol. The van der Waals surface area contributed by atoms with Crippen molar-refractivity contribution in [2.45, 2.75) is 64.0 Å². The second-order valence-corrected chi connectivity index (χ2v) is 6.13. The van der Waals surface area contributed by atoms with E-state index >= 15 is 0 Å². The molecule has 0 spiro atoms. The van der Waals surface area contributed by atoms with Crippen LogP contribution in [0.3, 0.4) is 0 Å². The number of carbonyl (C=O) groups is 2. The zero-order valence-corrected chi connectivity index (χ0v) is 11.5. The third-order valence-electron chi connectivity index (χ3n) is 4.39. The SMILES string of the molecule is CC1CCCC(NC(=O)NC2CCC(C(=O)O)C2)C1. The molecule has 0 radical (unpaired) electrons. The molecular weight excluding hydrogens is 244 g/mol. The number of hydrogen-bond donors (Lipinski definition) is 3. The molecular formula is C14H24N2O3. The number of carbonyl (C=O) groups excluding carboxylic acids is 1. The average Bonchev–Trinajstić information content (AvgIpc) is 2.77. The molecule has 5 nitrogen and oxygen atoms in total. The molecule has 2 saturated carbocycles. The van der Waals surface area contributed by atoms with E-state index in [0.29, 0.717) is 18.8 Å². The van der Waals surface area contributed by atoms with Crippen LogP contribution in [0.25, 0.3) is 0 Å². The van der Waals surface area contributed by atoms with Crippen molar-refractivity contribution in [1.82, 2.24) is 10.6 Å². The van der Waals surface area contributed by atoms with Crippen LogP contribution in [0.5, 0.6) is 0 Å². The number of hydrogen-bond acceptors (Lipinski definition) is 2. The van der Waals surface area contributed by atoms with E-state index in [0.717, 1.165) is 19.3 Å². The number of rotatable bonds is 3. The van der Waals surface area contributed by atoms with Crippen molar-refractivity contribution in [2.75, 3.05) is 0 Å². The van der Waals surface area contributed by atoms with Gasteiger partial charge in [0.2, 0.25) is 0 Å². The first kappa shape index (κ1) is 14.2. The van der Waals surface area contributed by atoms with Crippen molar-refractivity contribution in [1.29, 1.82) is 0 Å². The zero-order chi connectivity index (χ0) is 13.8. The number of carboxylic acid groups (broad SMARTS) is 1. The van der Waals surface area contributed by atoms with Crippen molar-refractivity contribution in [3.8, 4) is 0 Å². The second-order valence-electron chi connectivity index (χ2n) is 6.13. The largest absolute Gasteiger partial charge is 0.481 e. The molecule has 2 amide bonds. The van der Waals surface area contributed by atoms with E-state index in [1.807, 2.05) is 0 Å². The Balaban J connectivity index is 1.71. The van der Waals surface area contributed by atoms with Crippen LogP contribution in [-0.2, 0) is 4.79 Å². The Bertz CT molecular complexity index is 346. The Morgan fingerprint density at radius 3 is 2.26 bits per heavy atom. The van der Waals surface area contributed by atoms with Crippen LogP contribution in [0.1, 0.15) is 51.9 Å². The summed E-state index contributed by atoms with van der Waals surface area (Å²) >= 11 is 0. The fourth-order valence-corrected chi connectivity index (χ4v) is 3.31. The van der Waals surface area contributed by atoms with E-state index in [9.17, 15) is 9.59 Å². The summed E-state index contributed by atoms with van der Waals surface area (Å²) in [6.45, 7) is 2.22. The highest BCUT2D eigenvalue weighted by atomic mass is 16.4. The summed E-state index contributed by atoms with van der Waals surface area (Å²) in [7, 11) is 0. The quantitative estimate of drug-likeness (QED) is 0.733. The van der Waals surface area contributed by atoms with Crippen LogP contribution in [0, 0.1) is 11.8 Å². The summed E-state index contributed by atoms with van der Waals surface area (Å²) in [5, 5.41) is 14.9. The van der Waals surface area contributed by atoms with Crippen molar-refractivity contribution in [2.24, 2.45) is 11.8 Å². The molecule has 2 fully saturated rings. The van der Waals surface area contributed by atoms with Gasteiger partial charge in [0.1, 0.15) is 0 Å². The normalized spacial score (nSPS) is 34.8. The Morgan fingerprint density at radius 2 is 1.68 bits per heavy atom. The van der Waals surface area contributed by atoms with Crippen molar-refractivity contribution in [3.63, 3.8) is 0 Å². The monoisotopic (exact) mass is 268 g/mol. The number of amides is 2. The lowest BCUT2D eigenvalue weighted by molar-refractivity contribution is -0.141. The summed E-state index contributed by atoms with van der Waals surface area (Å²) in [6, 6.07) is 0.165. The number of urea groups is 1. The smallest absolute Gasteiger partial charge is 0.315 e. The van der Waals surface area contributed by atoms with Gasteiger partial charge in [0.25, 0.3) is 0 Å². The Hall–Kier alpha value is -1.26. The first-order chi connectivity index (χ1) is 9.04. The van der Waals surface area contributed by atoms with Crippen LogP contribution < -0.4 is 10.6 Å². The van der Waals surface area contributed by atoms with Crippen molar-refractivity contribution >= 4 is 12.0 Å². The Kier molecular flexibility index (Phi) is 4.66. The van der Waals surface area contributed by atoms with E-state index in [1.54, 1.807) is 0 Å². The van der Waals surface area contributed by atoms with E-state index < -0.39 is 5.97 Å². The van der Waals surface area contributed by atoms with Gasteiger partial charge < -0.3 is 15.7 Å². The van der Waals surface area contributed by atoms with Gasteiger partial charge in [-0.3, -0.25) is 4.79 Å². The lowest BCUT2D eigenvalue weighted by Crippen LogP contribution is -2.46. The number of nitrogens with one attached hydrogen (secondary N) is 2. The van der Waals surface area contributed by atoms with Gasteiger partial charge in [-0.2, -0.15) is 0 Å². The van der Waals surface area contributed by atoms with Crippen LogP contribution in [-0.4, -0.2) is 29.2 Å². The van der Waals surface area contributed by atoms with Gasteiger partial charge in [0.15, 0.2) is 0 Å². The van der Waals surface area contributed by atoms with Crippen molar-refractivity contribution in [3.05, 3.63) is 0 Å². The topological polar surface area (TPSA) is 78.4 Å². The first-order valence-electron chi connectivity index (χ1n) is 7.34.